The van der Waals surface area contributed by atoms with Crippen molar-refractivity contribution >= 4 is 15.7 Å². The molecular formula is C18H20FNO4S. The third-order valence-electron chi connectivity index (χ3n) is 3.65. The molecule has 0 aliphatic carbocycles. The van der Waals surface area contributed by atoms with E-state index in [1.165, 1.54) is 31.4 Å². The smallest absolute Gasteiger partial charge is 0.220 e. The van der Waals surface area contributed by atoms with Gasteiger partial charge in [0.2, 0.25) is 5.91 Å². The van der Waals surface area contributed by atoms with Crippen molar-refractivity contribution in [3.8, 4) is 5.75 Å². The molecular weight excluding hydrogens is 345 g/mol. The summed E-state index contributed by atoms with van der Waals surface area (Å²) in [5.41, 5.74) is 0.672. The molecule has 7 heteroatoms. The summed E-state index contributed by atoms with van der Waals surface area (Å²) >= 11 is 0. The van der Waals surface area contributed by atoms with E-state index in [2.05, 4.69) is 5.32 Å². The van der Waals surface area contributed by atoms with Crippen LogP contribution in [0.5, 0.6) is 5.75 Å². The number of methoxy groups -OCH3 is 1. The molecule has 0 aromatic heterocycles. The number of benzene rings is 2. The van der Waals surface area contributed by atoms with Crippen molar-refractivity contribution in [1.82, 2.24) is 5.32 Å². The summed E-state index contributed by atoms with van der Waals surface area (Å²) in [5, 5.41) is 2.58. The zero-order chi connectivity index (χ0) is 18.3. The number of halogens is 1. The second-order valence-electron chi connectivity index (χ2n) is 5.45. The number of rotatable bonds is 8. The maximum Gasteiger partial charge on any atom is 0.220 e. The molecule has 134 valence electrons. The van der Waals surface area contributed by atoms with Gasteiger partial charge in [-0.1, -0.05) is 24.3 Å². The lowest BCUT2D eigenvalue weighted by atomic mass is 10.1. The van der Waals surface area contributed by atoms with Gasteiger partial charge < -0.3 is 10.1 Å². The molecule has 0 atom stereocenters. The summed E-state index contributed by atoms with van der Waals surface area (Å²) in [4.78, 5) is 12.1. The van der Waals surface area contributed by atoms with Crippen LogP contribution in [0.15, 0.2) is 53.4 Å². The number of amides is 1. The van der Waals surface area contributed by atoms with E-state index in [-0.39, 0.29) is 35.3 Å². The van der Waals surface area contributed by atoms with Crippen molar-refractivity contribution < 1.29 is 22.3 Å². The van der Waals surface area contributed by atoms with E-state index in [1.807, 2.05) is 0 Å². The molecule has 0 spiro atoms. The number of carbonyl (C=O) groups excluding carboxylic acids is 1. The van der Waals surface area contributed by atoms with Gasteiger partial charge in [0.05, 0.1) is 17.8 Å². The fourth-order valence-corrected chi connectivity index (χ4v) is 3.46. The molecule has 0 saturated carbocycles. The van der Waals surface area contributed by atoms with E-state index in [1.54, 1.807) is 24.3 Å². The lowest BCUT2D eigenvalue weighted by molar-refractivity contribution is -0.120. The zero-order valence-corrected chi connectivity index (χ0v) is 14.7. The Morgan fingerprint density at radius 1 is 1.16 bits per heavy atom. The van der Waals surface area contributed by atoms with Gasteiger partial charge in [0.15, 0.2) is 21.4 Å². The molecule has 0 bridgehead atoms. The van der Waals surface area contributed by atoms with Crippen molar-refractivity contribution in [2.45, 2.75) is 17.7 Å². The molecule has 0 fully saturated rings. The van der Waals surface area contributed by atoms with Crippen molar-refractivity contribution in [3.63, 3.8) is 0 Å². The standard InChI is InChI=1S/C18H20FNO4S/c1-24-17-9-7-14(13-16(17)19)8-10-18(21)20-11-12-25(22,23)15-5-3-2-4-6-15/h2-7,9,13H,8,10-12H2,1H3,(H,20,21). The minimum Gasteiger partial charge on any atom is -0.494 e. The molecule has 25 heavy (non-hydrogen) atoms. The lowest BCUT2D eigenvalue weighted by Gasteiger charge is -2.08. The van der Waals surface area contributed by atoms with Gasteiger partial charge in [-0.15, -0.1) is 0 Å². The van der Waals surface area contributed by atoms with Gasteiger partial charge >= 0.3 is 0 Å². The molecule has 2 rings (SSSR count). The molecule has 0 radical (unpaired) electrons. The zero-order valence-electron chi connectivity index (χ0n) is 13.9. The molecule has 0 aliphatic heterocycles. The van der Waals surface area contributed by atoms with Crippen LogP contribution in [-0.4, -0.2) is 33.7 Å². The number of sulfone groups is 1. The average molecular weight is 365 g/mol. The lowest BCUT2D eigenvalue weighted by Crippen LogP contribution is -2.29. The largest absolute Gasteiger partial charge is 0.494 e. The summed E-state index contributed by atoms with van der Waals surface area (Å²) < 4.78 is 42.6. The van der Waals surface area contributed by atoms with Crippen LogP contribution < -0.4 is 10.1 Å². The van der Waals surface area contributed by atoms with Crippen molar-refractivity contribution in [2.75, 3.05) is 19.4 Å². The van der Waals surface area contributed by atoms with Crippen LogP contribution in [0, 0.1) is 5.82 Å². The summed E-state index contributed by atoms with van der Waals surface area (Å²) in [7, 11) is -2.03. The normalized spacial score (nSPS) is 11.1. The number of hydrogen-bond donors (Lipinski definition) is 1. The van der Waals surface area contributed by atoms with Crippen LogP contribution in [0.3, 0.4) is 0 Å². The Hall–Kier alpha value is -2.41. The van der Waals surface area contributed by atoms with Crippen LogP contribution in [-0.2, 0) is 21.1 Å². The van der Waals surface area contributed by atoms with E-state index in [9.17, 15) is 17.6 Å². The molecule has 1 N–H and O–H groups in total. The first kappa shape index (κ1) is 18.9. The Labute approximate surface area is 146 Å². The molecule has 0 heterocycles. The molecule has 2 aromatic carbocycles. The fourth-order valence-electron chi connectivity index (χ4n) is 2.28. The highest BCUT2D eigenvalue weighted by Crippen LogP contribution is 2.18. The molecule has 2 aromatic rings. The monoisotopic (exact) mass is 365 g/mol. The minimum absolute atomic E-state index is 0.0348. The maximum atomic E-state index is 13.6. The molecule has 1 amide bonds. The third kappa shape index (κ3) is 5.56. The average Bonchev–Trinajstić information content (AvgIpc) is 2.60. The Bertz CT molecular complexity index is 822. The van der Waals surface area contributed by atoms with Gasteiger partial charge in [-0.3, -0.25) is 4.79 Å². The number of carbonyl (C=O) groups is 1. The van der Waals surface area contributed by atoms with E-state index < -0.39 is 15.7 Å². The van der Waals surface area contributed by atoms with Gasteiger partial charge in [-0.05, 0) is 36.2 Å². The van der Waals surface area contributed by atoms with E-state index in [0.717, 1.165) is 0 Å². The van der Waals surface area contributed by atoms with Crippen LogP contribution >= 0.6 is 0 Å². The summed E-state index contributed by atoms with van der Waals surface area (Å²) in [6.07, 6.45) is 0.509. The number of nitrogens with one attached hydrogen (secondary N) is 1. The number of ether oxygens (including phenoxy) is 1. The van der Waals surface area contributed by atoms with Gasteiger partial charge in [-0.2, -0.15) is 0 Å². The van der Waals surface area contributed by atoms with Crippen molar-refractivity contribution in [3.05, 3.63) is 59.9 Å². The Balaban J connectivity index is 1.78. The van der Waals surface area contributed by atoms with Gasteiger partial charge in [0.25, 0.3) is 0 Å². The van der Waals surface area contributed by atoms with E-state index >= 15 is 0 Å². The highest BCUT2D eigenvalue weighted by atomic mass is 32.2. The predicted molar refractivity (Wildman–Crippen MR) is 92.8 cm³/mol. The highest BCUT2D eigenvalue weighted by molar-refractivity contribution is 7.91. The Morgan fingerprint density at radius 2 is 1.88 bits per heavy atom. The van der Waals surface area contributed by atoms with Crippen LogP contribution in [0.2, 0.25) is 0 Å². The van der Waals surface area contributed by atoms with E-state index in [4.69, 9.17) is 4.74 Å². The summed E-state index contributed by atoms with van der Waals surface area (Å²) in [6, 6.07) is 12.6. The molecule has 5 nitrogen and oxygen atoms in total. The van der Waals surface area contributed by atoms with Crippen molar-refractivity contribution in [2.24, 2.45) is 0 Å². The Kier molecular flexibility index (Phi) is 6.52. The number of hydrogen-bond acceptors (Lipinski definition) is 4. The van der Waals surface area contributed by atoms with Gasteiger partial charge in [0.1, 0.15) is 0 Å². The number of aryl methyl sites for hydroxylation is 1. The topological polar surface area (TPSA) is 72.5 Å². The first-order valence-electron chi connectivity index (χ1n) is 7.79. The van der Waals surface area contributed by atoms with Gasteiger partial charge in [0, 0.05) is 13.0 Å². The van der Waals surface area contributed by atoms with Crippen LogP contribution in [0.1, 0.15) is 12.0 Å². The molecule has 0 unspecified atom stereocenters. The first-order valence-corrected chi connectivity index (χ1v) is 9.44. The second kappa shape index (κ2) is 8.62. The summed E-state index contributed by atoms with van der Waals surface area (Å²) in [6.45, 7) is 0.0348. The van der Waals surface area contributed by atoms with Crippen LogP contribution in [0.4, 0.5) is 4.39 Å². The molecule has 0 saturated heterocycles. The van der Waals surface area contributed by atoms with E-state index in [0.29, 0.717) is 12.0 Å². The Morgan fingerprint density at radius 3 is 2.52 bits per heavy atom. The third-order valence-corrected chi connectivity index (χ3v) is 5.38. The first-order chi connectivity index (χ1) is 11.9. The highest BCUT2D eigenvalue weighted by Gasteiger charge is 2.14. The van der Waals surface area contributed by atoms with Gasteiger partial charge in [-0.25, -0.2) is 12.8 Å². The van der Waals surface area contributed by atoms with Crippen molar-refractivity contribution in [1.29, 1.82) is 0 Å². The maximum absolute atomic E-state index is 13.6. The second-order valence-corrected chi connectivity index (χ2v) is 7.56. The molecule has 0 aliphatic rings. The minimum atomic E-state index is -3.41. The quantitative estimate of drug-likeness (QED) is 0.779. The SMILES string of the molecule is COc1ccc(CCC(=O)NCCS(=O)(=O)c2ccccc2)cc1F. The summed E-state index contributed by atoms with van der Waals surface area (Å²) in [5.74, 6) is -0.770. The fraction of sp³-hybridized carbons (Fsp3) is 0.278. The predicted octanol–water partition coefficient (Wildman–Crippen LogP) is 2.36. The van der Waals surface area contributed by atoms with Crippen LogP contribution in [0.25, 0.3) is 0 Å².